The molecular formula is C28H29Br2N3O. The lowest BCUT2D eigenvalue weighted by molar-refractivity contribution is 0.0688. The highest BCUT2D eigenvalue weighted by Crippen LogP contribution is 2.33. The molecule has 6 heteroatoms. The Balaban J connectivity index is 1.20. The van der Waals surface area contributed by atoms with Crippen molar-refractivity contribution in [3.05, 3.63) is 87.3 Å². The van der Waals surface area contributed by atoms with Crippen molar-refractivity contribution in [2.24, 2.45) is 0 Å². The Labute approximate surface area is 217 Å². The molecule has 4 aromatic rings. The third kappa shape index (κ3) is 5.47. The molecule has 0 radical (unpaired) electrons. The zero-order chi connectivity index (χ0) is 23.5. The standard InChI is InChI=1S/C28H29Br2N3O/c29-22-8-10-27-25(17-22)26-18-23(30)9-11-28(26)33(27)20-24(34)19-32-15-13-31(14-16-32)12-4-7-21-5-2-1-3-6-21/h1-11,17-18,24,34H,12-16,19-20H2/b7-4-/t24-/m1/s1. The smallest absolute Gasteiger partial charge is 0.0845 e. The summed E-state index contributed by atoms with van der Waals surface area (Å²) in [5, 5.41) is 13.4. The molecule has 0 bridgehead atoms. The van der Waals surface area contributed by atoms with Gasteiger partial charge in [0.15, 0.2) is 0 Å². The maximum absolute atomic E-state index is 11.0. The van der Waals surface area contributed by atoms with Crippen LogP contribution in [0.5, 0.6) is 0 Å². The van der Waals surface area contributed by atoms with E-state index in [1.165, 1.54) is 16.3 Å². The Kier molecular flexibility index (Phi) is 7.52. The van der Waals surface area contributed by atoms with Crippen LogP contribution in [0.25, 0.3) is 27.9 Å². The molecule has 5 rings (SSSR count). The molecule has 1 aliphatic rings. The predicted molar refractivity (Wildman–Crippen MR) is 149 cm³/mol. The largest absolute Gasteiger partial charge is 0.390 e. The van der Waals surface area contributed by atoms with Gasteiger partial charge in [0.1, 0.15) is 0 Å². The minimum atomic E-state index is -0.421. The van der Waals surface area contributed by atoms with Crippen LogP contribution < -0.4 is 0 Å². The average Bonchev–Trinajstić information content (AvgIpc) is 3.12. The molecule has 4 nitrogen and oxygen atoms in total. The van der Waals surface area contributed by atoms with Gasteiger partial charge in [-0.1, -0.05) is 74.3 Å². The number of hydrogen-bond acceptors (Lipinski definition) is 3. The van der Waals surface area contributed by atoms with Crippen LogP contribution in [-0.2, 0) is 6.54 Å². The number of aromatic nitrogens is 1. The van der Waals surface area contributed by atoms with Crippen molar-refractivity contribution in [3.63, 3.8) is 0 Å². The summed E-state index contributed by atoms with van der Waals surface area (Å²) < 4.78 is 4.39. The molecule has 34 heavy (non-hydrogen) atoms. The second kappa shape index (κ2) is 10.8. The van der Waals surface area contributed by atoms with Gasteiger partial charge in [0.05, 0.1) is 12.6 Å². The monoisotopic (exact) mass is 581 g/mol. The van der Waals surface area contributed by atoms with E-state index in [1.54, 1.807) is 0 Å². The summed E-state index contributed by atoms with van der Waals surface area (Å²) in [5.74, 6) is 0. The van der Waals surface area contributed by atoms with Gasteiger partial charge >= 0.3 is 0 Å². The molecule has 2 heterocycles. The minimum absolute atomic E-state index is 0.421. The maximum Gasteiger partial charge on any atom is 0.0845 e. The number of aliphatic hydroxyl groups is 1. The van der Waals surface area contributed by atoms with Gasteiger partial charge in [0.25, 0.3) is 0 Å². The Morgan fingerprint density at radius 1 is 0.765 bits per heavy atom. The fourth-order valence-electron chi connectivity index (χ4n) is 4.87. The molecule has 0 unspecified atom stereocenters. The molecule has 176 valence electrons. The van der Waals surface area contributed by atoms with Gasteiger partial charge in [0, 0.05) is 70.0 Å². The molecule has 0 amide bonds. The van der Waals surface area contributed by atoms with E-state index in [1.807, 2.05) is 6.07 Å². The van der Waals surface area contributed by atoms with Crippen LogP contribution in [0.15, 0.2) is 81.8 Å². The zero-order valence-corrected chi connectivity index (χ0v) is 22.2. The van der Waals surface area contributed by atoms with Crippen molar-refractivity contribution in [2.45, 2.75) is 12.6 Å². The maximum atomic E-state index is 11.0. The topological polar surface area (TPSA) is 31.6 Å². The third-order valence-electron chi connectivity index (χ3n) is 6.59. The summed E-state index contributed by atoms with van der Waals surface area (Å²) in [5.41, 5.74) is 3.56. The Morgan fingerprint density at radius 2 is 1.35 bits per heavy atom. The number of hydrogen-bond donors (Lipinski definition) is 1. The quantitative estimate of drug-likeness (QED) is 0.289. The van der Waals surface area contributed by atoms with Gasteiger partial charge in [-0.2, -0.15) is 0 Å². The van der Waals surface area contributed by atoms with Crippen LogP contribution in [0.2, 0.25) is 0 Å². The van der Waals surface area contributed by atoms with Gasteiger partial charge in [0.2, 0.25) is 0 Å². The van der Waals surface area contributed by atoms with Gasteiger partial charge in [-0.15, -0.1) is 0 Å². The molecule has 0 aliphatic carbocycles. The van der Waals surface area contributed by atoms with Crippen molar-refractivity contribution in [1.82, 2.24) is 14.4 Å². The van der Waals surface area contributed by atoms with E-state index in [9.17, 15) is 5.11 Å². The number of fused-ring (bicyclic) bond motifs is 3. The summed E-state index contributed by atoms with van der Waals surface area (Å²) in [4.78, 5) is 4.87. The molecule has 1 N–H and O–H groups in total. The summed E-state index contributed by atoms with van der Waals surface area (Å²) >= 11 is 7.22. The molecule has 1 aliphatic heterocycles. The van der Waals surface area contributed by atoms with Crippen LogP contribution >= 0.6 is 31.9 Å². The lowest BCUT2D eigenvalue weighted by Crippen LogP contribution is -2.48. The van der Waals surface area contributed by atoms with Gasteiger partial charge in [-0.25, -0.2) is 0 Å². The highest BCUT2D eigenvalue weighted by Gasteiger charge is 2.20. The summed E-state index contributed by atoms with van der Waals surface area (Å²) in [6.07, 6.45) is 4.02. The van der Waals surface area contributed by atoms with Crippen molar-refractivity contribution in [3.8, 4) is 0 Å². The first-order chi connectivity index (χ1) is 16.6. The fraction of sp³-hybridized carbons (Fsp3) is 0.286. The molecule has 0 spiro atoms. The number of rotatable bonds is 7. The van der Waals surface area contributed by atoms with Crippen LogP contribution in [0, 0.1) is 0 Å². The van der Waals surface area contributed by atoms with E-state index in [0.717, 1.165) is 52.7 Å². The lowest BCUT2D eigenvalue weighted by Gasteiger charge is -2.35. The second-order valence-corrected chi connectivity index (χ2v) is 10.8. The van der Waals surface area contributed by atoms with Crippen LogP contribution in [-0.4, -0.2) is 64.8 Å². The second-order valence-electron chi connectivity index (χ2n) is 9.00. The number of nitrogens with zero attached hydrogens (tertiary/aromatic N) is 3. The number of β-amino-alcohol motifs (C(OH)–C–C–N with tert-alkyl or cyclic N) is 1. The lowest BCUT2D eigenvalue weighted by atomic mass is 10.2. The zero-order valence-electron chi connectivity index (χ0n) is 19.1. The van der Waals surface area contributed by atoms with Crippen molar-refractivity contribution in [1.29, 1.82) is 0 Å². The Hall–Kier alpha value is -1.96. The first kappa shape index (κ1) is 23.8. The van der Waals surface area contributed by atoms with E-state index < -0.39 is 6.10 Å². The van der Waals surface area contributed by atoms with Gasteiger partial charge < -0.3 is 9.67 Å². The highest BCUT2D eigenvalue weighted by molar-refractivity contribution is 9.10. The van der Waals surface area contributed by atoms with Crippen molar-refractivity contribution < 1.29 is 5.11 Å². The first-order valence-corrected chi connectivity index (χ1v) is 13.4. The van der Waals surface area contributed by atoms with Crippen molar-refractivity contribution in [2.75, 3.05) is 39.3 Å². The molecule has 1 atom stereocenters. The van der Waals surface area contributed by atoms with E-state index >= 15 is 0 Å². The van der Waals surface area contributed by atoms with Crippen LogP contribution in [0.4, 0.5) is 0 Å². The molecule has 0 saturated carbocycles. The SMILES string of the molecule is O[C@H](CN1CCN(C/C=C\c2ccccc2)CC1)Cn1c2ccc(Br)cc2c2cc(Br)ccc21. The molecule has 1 aromatic heterocycles. The Bertz CT molecular complexity index is 1230. The van der Waals surface area contributed by atoms with Crippen LogP contribution in [0.1, 0.15) is 5.56 Å². The summed E-state index contributed by atoms with van der Waals surface area (Å²) in [6.45, 7) is 6.29. The molecule has 1 saturated heterocycles. The van der Waals surface area contributed by atoms with E-state index in [-0.39, 0.29) is 0 Å². The first-order valence-electron chi connectivity index (χ1n) is 11.8. The fourth-order valence-corrected chi connectivity index (χ4v) is 5.59. The molecular weight excluding hydrogens is 554 g/mol. The number of piperazine rings is 1. The predicted octanol–water partition coefficient (Wildman–Crippen LogP) is 6.01. The minimum Gasteiger partial charge on any atom is -0.390 e. The van der Waals surface area contributed by atoms with E-state index in [0.29, 0.717) is 13.1 Å². The van der Waals surface area contributed by atoms with Gasteiger partial charge in [-0.3, -0.25) is 9.80 Å². The normalized spacial score (nSPS) is 16.7. The molecule has 1 fully saturated rings. The third-order valence-corrected chi connectivity index (χ3v) is 7.58. The summed E-state index contributed by atoms with van der Waals surface area (Å²) in [7, 11) is 0. The van der Waals surface area contributed by atoms with Crippen LogP contribution in [0.3, 0.4) is 0 Å². The van der Waals surface area contributed by atoms with Gasteiger partial charge in [-0.05, 0) is 42.0 Å². The average molecular weight is 583 g/mol. The van der Waals surface area contributed by atoms with E-state index in [2.05, 4.69) is 119 Å². The number of benzene rings is 3. The number of aliphatic hydroxyl groups excluding tert-OH is 1. The molecule has 3 aromatic carbocycles. The van der Waals surface area contributed by atoms with E-state index in [4.69, 9.17) is 0 Å². The highest BCUT2D eigenvalue weighted by atomic mass is 79.9. The van der Waals surface area contributed by atoms with Crippen molar-refractivity contribution >= 4 is 59.7 Å². The Morgan fingerprint density at radius 3 is 1.97 bits per heavy atom. The summed E-state index contributed by atoms with van der Waals surface area (Å²) in [6, 6.07) is 23.2. The number of halogens is 2.